The molecule has 214 valence electrons. The quantitative estimate of drug-likeness (QED) is 0.218. The van der Waals surface area contributed by atoms with E-state index in [1.807, 2.05) is 0 Å². The Labute approximate surface area is 260 Å². The fraction of sp³-hybridized carbons (Fsp3) is 0.268. The second kappa shape index (κ2) is 10.2. The van der Waals surface area contributed by atoms with Gasteiger partial charge in [-0.05, 0) is 107 Å². The van der Waals surface area contributed by atoms with Gasteiger partial charge in [-0.25, -0.2) is 0 Å². The molecule has 0 radical (unpaired) electrons. The van der Waals surface area contributed by atoms with Crippen molar-refractivity contribution in [2.45, 2.75) is 68.3 Å². The van der Waals surface area contributed by atoms with E-state index >= 15 is 0 Å². The van der Waals surface area contributed by atoms with Gasteiger partial charge in [-0.1, -0.05) is 98.8 Å². The van der Waals surface area contributed by atoms with Crippen molar-refractivity contribution >= 4 is 28.6 Å². The first-order chi connectivity index (χ1) is 21.1. The molecular weight excluding hydrogens is 541 g/mol. The van der Waals surface area contributed by atoms with E-state index in [0.29, 0.717) is 0 Å². The van der Waals surface area contributed by atoms with Crippen LogP contribution in [-0.2, 0) is 11.0 Å². The molecule has 1 nitrogen and oxygen atoms in total. The van der Waals surface area contributed by atoms with Crippen molar-refractivity contribution in [1.82, 2.24) is 0 Å². The van der Waals surface area contributed by atoms with Gasteiger partial charge in [0.1, 0.15) is 5.75 Å². The largest absolute Gasteiger partial charge is 0.473 e. The summed E-state index contributed by atoms with van der Waals surface area (Å²) in [6.07, 6.45) is 20.5. The lowest BCUT2D eigenvalue weighted by Crippen LogP contribution is -2.37. The minimum atomic E-state index is -0.646. The predicted molar refractivity (Wildman–Crippen MR) is 183 cm³/mol. The maximum absolute atomic E-state index is 7.62. The predicted octanol–water partition coefficient (Wildman–Crippen LogP) is 11.3. The van der Waals surface area contributed by atoms with Gasteiger partial charge in [-0.3, -0.25) is 0 Å². The molecular formula is C41H38OS. The molecule has 4 aromatic carbocycles. The summed E-state index contributed by atoms with van der Waals surface area (Å²) in [4.78, 5) is 1.27. The zero-order valence-electron chi connectivity index (χ0n) is 25.4. The van der Waals surface area contributed by atoms with Crippen LogP contribution in [0.4, 0.5) is 0 Å². The zero-order valence-corrected chi connectivity index (χ0v) is 26.2. The van der Waals surface area contributed by atoms with Gasteiger partial charge >= 0.3 is 0 Å². The van der Waals surface area contributed by atoms with Crippen molar-refractivity contribution in [1.29, 1.82) is 0 Å². The summed E-state index contributed by atoms with van der Waals surface area (Å²) in [6, 6.07) is 27.2. The highest BCUT2D eigenvalue weighted by atomic mass is 32.2. The van der Waals surface area contributed by atoms with Crippen LogP contribution in [0, 0.1) is 0 Å². The Bertz CT molecular complexity index is 1900. The SMILES string of the molecule is CCC1(CC)c2ccccc2-c2c1c1c(c3ccccc23)OC(C2=CC3=C(C=CCC3)CC2)(c2ccc(SC)cc2)C=C1. The minimum absolute atomic E-state index is 0.0357. The average molecular weight is 579 g/mol. The number of thioether (sulfide) groups is 1. The first kappa shape index (κ1) is 26.8. The van der Waals surface area contributed by atoms with Crippen molar-refractivity contribution in [3.63, 3.8) is 0 Å². The maximum atomic E-state index is 7.62. The summed E-state index contributed by atoms with van der Waals surface area (Å²) in [7, 11) is 0. The lowest BCUT2D eigenvalue weighted by Gasteiger charge is -2.41. The van der Waals surface area contributed by atoms with E-state index in [4.69, 9.17) is 4.74 Å². The number of hydrogen-bond acceptors (Lipinski definition) is 2. The number of benzene rings is 4. The molecule has 0 bridgehead atoms. The van der Waals surface area contributed by atoms with E-state index in [-0.39, 0.29) is 5.41 Å². The topological polar surface area (TPSA) is 9.23 Å². The molecule has 1 atom stereocenters. The lowest BCUT2D eigenvalue weighted by atomic mass is 9.70. The molecule has 4 aromatic rings. The highest BCUT2D eigenvalue weighted by Gasteiger charge is 2.47. The van der Waals surface area contributed by atoms with Crippen molar-refractivity contribution < 1.29 is 4.74 Å². The summed E-state index contributed by atoms with van der Waals surface area (Å²) in [5.74, 6) is 1.04. The molecule has 0 aromatic heterocycles. The molecule has 1 unspecified atom stereocenters. The third kappa shape index (κ3) is 3.78. The van der Waals surface area contributed by atoms with Gasteiger partial charge in [-0.15, -0.1) is 11.8 Å². The van der Waals surface area contributed by atoms with E-state index in [2.05, 4.69) is 123 Å². The van der Waals surface area contributed by atoms with E-state index < -0.39 is 5.60 Å². The second-order valence-corrected chi connectivity index (χ2v) is 13.3. The van der Waals surface area contributed by atoms with Gasteiger partial charge in [-0.2, -0.15) is 0 Å². The van der Waals surface area contributed by atoms with E-state index in [1.165, 1.54) is 65.8 Å². The third-order valence-electron chi connectivity index (χ3n) is 10.7. The third-order valence-corrected chi connectivity index (χ3v) is 11.4. The van der Waals surface area contributed by atoms with Crippen LogP contribution in [0.2, 0.25) is 0 Å². The van der Waals surface area contributed by atoms with Gasteiger partial charge in [0.15, 0.2) is 5.60 Å². The van der Waals surface area contributed by atoms with Crippen molar-refractivity contribution in [3.05, 3.63) is 136 Å². The summed E-state index contributed by atoms with van der Waals surface area (Å²) in [6.45, 7) is 4.72. The lowest BCUT2D eigenvalue weighted by molar-refractivity contribution is 0.153. The monoisotopic (exact) mass is 578 g/mol. The Morgan fingerprint density at radius 3 is 2.35 bits per heavy atom. The standard InChI is InChI=1S/C41H38OS/c1-4-40(5-2)36-17-11-10-16-34(36)37-32-14-8-9-15-33(32)39-35(38(37)40)24-25-41(42-39,29-20-22-31(43-3)23-21-29)30-19-18-27-12-6-7-13-28(27)26-30/h6,8-12,14-17,20-26H,4-5,7,13,18-19H2,1-3H3. The highest BCUT2D eigenvalue weighted by molar-refractivity contribution is 7.98. The fourth-order valence-corrected chi connectivity index (χ4v) is 8.85. The van der Waals surface area contributed by atoms with Gasteiger partial charge < -0.3 is 4.74 Å². The van der Waals surface area contributed by atoms with Gasteiger partial charge in [0.05, 0.1) is 0 Å². The number of hydrogen-bond donors (Lipinski definition) is 0. The van der Waals surface area contributed by atoms with Crippen LogP contribution in [0.25, 0.3) is 28.0 Å². The molecule has 1 aliphatic heterocycles. The van der Waals surface area contributed by atoms with Crippen LogP contribution in [0.1, 0.15) is 74.6 Å². The Hall–Kier alpha value is -3.75. The molecule has 8 rings (SSSR count). The number of allylic oxidation sites excluding steroid dienone is 5. The molecule has 0 fully saturated rings. The van der Waals surface area contributed by atoms with Crippen LogP contribution in [0.5, 0.6) is 5.75 Å². The summed E-state index contributed by atoms with van der Waals surface area (Å²) in [5, 5.41) is 2.51. The van der Waals surface area contributed by atoms with Crippen molar-refractivity contribution in [2.24, 2.45) is 0 Å². The van der Waals surface area contributed by atoms with Crippen LogP contribution in [0.3, 0.4) is 0 Å². The van der Waals surface area contributed by atoms with Crippen LogP contribution < -0.4 is 4.74 Å². The summed E-state index contributed by atoms with van der Waals surface area (Å²) < 4.78 is 7.62. The maximum Gasteiger partial charge on any atom is 0.174 e. The van der Waals surface area contributed by atoms with E-state index in [0.717, 1.165) is 44.3 Å². The molecule has 0 saturated carbocycles. The van der Waals surface area contributed by atoms with Crippen molar-refractivity contribution in [2.75, 3.05) is 6.26 Å². The fourth-order valence-electron chi connectivity index (χ4n) is 8.44. The van der Waals surface area contributed by atoms with Gasteiger partial charge in [0, 0.05) is 26.8 Å². The average Bonchev–Trinajstić information content (AvgIpc) is 3.39. The van der Waals surface area contributed by atoms with E-state index in [1.54, 1.807) is 11.8 Å². The smallest absolute Gasteiger partial charge is 0.174 e. The summed E-state index contributed by atoms with van der Waals surface area (Å²) >= 11 is 1.79. The van der Waals surface area contributed by atoms with E-state index in [9.17, 15) is 0 Å². The van der Waals surface area contributed by atoms with Crippen LogP contribution in [-0.4, -0.2) is 6.26 Å². The molecule has 0 spiro atoms. The first-order valence-corrected chi connectivity index (χ1v) is 17.2. The Morgan fingerprint density at radius 2 is 1.56 bits per heavy atom. The normalized spacial score (nSPS) is 21.1. The highest BCUT2D eigenvalue weighted by Crippen LogP contribution is 2.60. The van der Waals surface area contributed by atoms with Gasteiger partial charge in [0.25, 0.3) is 0 Å². The molecule has 43 heavy (non-hydrogen) atoms. The zero-order chi connectivity index (χ0) is 29.2. The Morgan fingerprint density at radius 1 is 0.791 bits per heavy atom. The molecule has 4 aliphatic rings. The summed E-state index contributed by atoms with van der Waals surface area (Å²) in [5.41, 5.74) is 11.8. The minimum Gasteiger partial charge on any atom is -0.473 e. The molecule has 3 aliphatic carbocycles. The number of fused-ring (bicyclic) bond motifs is 8. The Kier molecular flexibility index (Phi) is 6.35. The van der Waals surface area contributed by atoms with Gasteiger partial charge in [0.2, 0.25) is 0 Å². The molecule has 0 amide bonds. The van der Waals surface area contributed by atoms with Crippen LogP contribution >= 0.6 is 11.8 Å². The molecule has 0 N–H and O–H groups in total. The number of ether oxygens (including phenoxy) is 1. The Balaban J connectivity index is 1.42. The molecule has 2 heteroatoms. The first-order valence-electron chi connectivity index (χ1n) is 15.9. The van der Waals surface area contributed by atoms with Crippen molar-refractivity contribution in [3.8, 4) is 16.9 Å². The number of rotatable bonds is 5. The second-order valence-electron chi connectivity index (χ2n) is 12.4. The van der Waals surface area contributed by atoms with Crippen LogP contribution in [0.15, 0.2) is 119 Å². The molecule has 0 saturated heterocycles. The molecule has 1 heterocycles.